The van der Waals surface area contributed by atoms with Crippen LogP contribution < -0.4 is 5.32 Å². The predicted octanol–water partition coefficient (Wildman–Crippen LogP) is 2.68. The molecule has 0 aliphatic rings. The van der Waals surface area contributed by atoms with Crippen LogP contribution in [0.5, 0.6) is 0 Å². The highest BCUT2D eigenvalue weighted by Crippen LogP contribution is 2.30. The molecule has 1 aromatic carbocycles. The van der Waals surface area contributed by atoms with Crippen molar-refractivity contribution in [1.82, 2.24) is 9.78 Å². The topological polar surface area (TPSA) is 84.2 Å². The molecule has 0 atom stereocenters. The summed E-state index contributed by atoms with van der Waals surface area (Å²) >= 11 is 11.9. The van der Waals surface area contributed by atoms with Gasteiger partial charge in [0, 0.05) is 13.2 Å². The summed E-state index contributed by atoms with van der Waals surface area (Å²) in [6.07, 6.45) is 1.31. The molecule has 6 nitrogen and oxygen atoms in total. The van der Waals surface area contributed by atoms with E-state index in [2.05, 4.69) is 10.4 Å². The number of amides is 1. The van der Waals surface area contributed by atoms with Crippen molar-refractivity contribution >= 4 is 40.8 Å². The molecular weight excluding hydrogens is 305 g/mol. The van der Waals surface area contributed by atoms with E-state index in [0.29, 0.717) is 0 Å². The zero-order valence-corrected chi connectivity index (χ0v) is 11.7. The fourth-order valence-electron chi connectivity index (χ4n) is 1.61. The molecule has 1 amide bonds. The molecule has 1 aromatic heterocycles. The van der Waals surface area contributed by atoms with Crippen LogP contribution in [-0.4, -0.2) is 26.8 Å². The Hall–Kier alpha value is -2.05. The molecule has 0 saturated carbocycles. The van der Waals surface area contributed by atoms with Crippen molar-refractivity contribution in [2.75, 3.05) is 5.32 Å². The number of aromatic nitrogens is 2. The summed E-state index contributed by atoms with van der Waals surface area (Å²) in [7, 11) is 1.52. The number of nitrogens with zero attached hydrogens (tertiary/aromatic N) is 2. The molecule has 2 rings (SSSR count). The number of rotatable bonds is 3. The average Bonchev–Trinajstić information content (AvgIpc) is 2.76. The molecular formula is C12H9Cl2N3O3. The number of halogens is 2. The van der Waals surface area contributed by atoms with E-state index in [-0.39, 0.29) is 27.0 Å². The standard InChI is InChI=1S/C12H9Cl2N3O3/c1-17-5-6(9(16-17)12(19)20)11(18)15-10-7(13)3-2-4-8(10)14/h2-5H,1H3,(H,15,18)(H,19,20). The SMILES string of the molecule is Cn1cc(C(=O)Nc2c(Cl)cccc2Cl)c(C(=O)O)n1. The van der Waals surface area contributed by atoms with Gasteiger partial charge in [-0.3, -0.25) is 9.48 Å². The molecule has 0 radical (unpaired) electrons. The van der Waals surface area contributed by atoms with Gasteiger partial charge in [-0.1, -0.05) is 29.3 Å². The maximum atomic E-state index is 12.1. The third-order valence-corrected chi connectivity index (χ3v) is 3.11. The number of benzene rings is 1. The van der Waals surface area contributed by atoms with E-state index in [4.69, 9.17) is 28.3 Å². The van der Waals surface area contributed by atoms with Gasteiger partial charge in [-0.15, -0.1) is 0 Å². The van der Waals surface area contributed by atoms with Crippen molar-refractivity contribution in [1.29, 1.82) is 0 Å². The maximum Gasteiger partial charge on any atom is 0.357 e. The van der Waals surface area contributed by atoms with E-state index in [0.717, 1.165) is 0 Å². The summed E-state index contributed by atoms with van der Waals surface area (Å²) < 4.78 is 1.24. The quantitative estimate of drug-likeness (QED) is 0.912. The van der Waals surface area contributed by atoms with Crippen molar-refractivity contribution < 1.29 is 14.7 Å². The number of carbonyl (C=O) groups excluding carboxylic acids is 1. The van der Waals surface area contributed by atoms with Crippen LogP contribution in [0.1, 0.15) is 20.8 Å². The lowest BCUT2D eigenvalue weighted by atomic mass is 10.2. The first-order valence-corrected chi connectivity index (χ1v) is 6.18. The molecule has 104 valence electrons. The molecule has 0 bridgehead atoms. The van der Waals surface area contributed by atoms with Crippen molar-refractivity contribution in [3.8, 4) is 0 Å². The number of aryl methyl sites for hydroxylation is 1. The molecule has 0 saturated heterocycles. The molecule has 20 heavy (non-hydrogen) atoms. The molecule has 0 spiro atoms. The zero-order chi connectivity index (χ0) is 14.9. The predicted molar refractivity (Wildman–Crippen MR) is 74.6 cm³/mol. The normalized spacial score (nSPS) is 10.3. The number of para-hydroxylation sites is 1. The first-order valence-electron chi connectivity index (χ1n) is 5.42. The lowest BCUT2D eigenvalue weighted by Gasteiger charge is -2.08. The Morgan fingerprint density at radius 3 is 2.45 bits per heavy atom. The molecule has 0 aliphatic heterocycles. The van der Waals surface area contributed by atoms with Crippen LogP contribution in [0.4, 0.5) is 5.69 Å². The Balaban J connectivity index is 2.36. The first-order chi connectivity index (χ1) is 9.40. The summed E-state index contributed by atoms with van der Waals surface area (Å²) in [5.74, 6) is -1.94. The number of carboxylic acids is 1. The van der Waals surface area contributed by atoms with Crippen LogP contribution in [0.25, 0.3) is 0 Å². The number of anilines is 1. The van der Waals surface area contributed by atoms with Crippen molar-refractivity contribution in [2.24, 2.45) is 7.05 Å². The largest absolute Gasteiger partial charge is 0.476 e. The average molecular weight is 314 g/mol. The van der Waals surface area contributed by atoms with E-state index in [9.17, 15) is 9.59 Å². The minimum Gasteiger partial charge on any atom is -0.476 e. The van der Waals surface area contributed by atoms with E-state index >= 15 is 0 Å². The number of aromatic carboxylic acids is 1. The Kier molecular flexibility index (Phi) is 3.96. The van der Waals surface area contributed by atoms with E-state index in [1.165, 1.54) is 17.9 Å². The van der Waals surface area contributed by atoms with E-state index < -0.39 is 11.9 Å². The number of carboxylic acid groups (broad SMARTS) is 1. The molecule has 1 heterocycles. The van der Waals surface area contributed by atoms with Gasteiger partial charge in [0.1, 0.15) is 0 Å². The lowest BCUT2D eigenvalue weighted by molar-refractivity contribution is 0.0685. The summed E-state index contributed by atoms with van der Waals surface area (Å²) in [4.78, 5) is 23.1. The second-order valence-corrected chi connectivity index (χ2v) is 4.74. The van der Waals surface area contributed by atoms with Gasteiger partial charge >= 0.3 is 5.97 Å². The van der Waals surface area contributed by atoms with Gasteiger partial charge in [-0.05, 0) is 12.1 Å². The van der Waals surface area contributed by atoms with Gasteiger partial charge in [0.15, 0.2) is 5.69 Å². The summed E-state index contributed by atoms with van der Waals surface area (Å²) in [6, 6.07) is 4.75. The van der Waals surface area contributed by atoms with Crippen LogP contribution in [0, 0.1) is 0 Å². The lowest BCUT2D eigenvalue weighted by Crippen LogP contribution is -2.15. The Labute approximate surface area is 123 Å². The highest BCUT2D eigenvalue weighted by atomic mass is 35.5. The molecule has 0 unspecified atom stereocenters. The smallest absolute Gasteiger partial charge is 0.357 e. The van der Waals surface area contributed by atoms with Crippen LogP contribution in [0.15, 0.2) is 24.4 Å². The fraction of sp³-hybridized carbons (Fsp3) is 0.0833. The summed E-state index contributed by atoms with van der Waals surface area (Å²) in [6.45, 7) is 0. The van der Waals surface area contributed by atoms with Crippen LogP contribution in [0.2, 0.25) is 10.0 Å². The van der Waals surface area contributed by atoms with E-state index in [1.807, 2.05) is 0 Å². The van der Waals surface area contributed by atoms with Gasteiger partial charge in [0.05, 0.1) is 21.3 Å². The van der Waals surface area contributed by atoms with E-state index in [1.54, 1.807) is 18.2 Å². The Bertz CT molecular complexity index is 677. The van der Waals surface area contributed by atoms with Gasteiger partial charge in [0.2, 0.25) is 0 Å². The maximum absolute atomic E-state index is 12.1. The van der Waals surface area contributed by atoms with Gasteiger partial charge in [-0.2, -0.15) is 5.10 Å². The van der Waals surface area contributed by atoms with Crippen LogP contribution >= 0.6 is 23.2 Å². The monoisotopic (exact) mass is 313 g/mol. The summed E-state index contributed by atoms with van der Waals surface area (Å²) in [5.41, 5.74) is -0.190. The highest BCUT2D eigenvalue weighted by molar-refractivity contribution is 6.40. The number of carbonyl (C=O) groups is 2. The Morgan fingerprint density at radius 2 is 1.90 bits per heavy atom. The van der Waals surface area contributed by atoms with Crippen molar-refractivity contribution in [3.63, 3.8) is 0 Å². The summed E-state index contributed by atoms with van der Waals surface area (Å²) in [5, 5.41) is 15.7. The molecule has 8 heteroatoms. The van der Waals surface area contributed by atoms with Crippen LogP contribution in [-0.2, 0) is 7.05 Å². The first kappa shape index (κ1) is 14.4. The minimum atomic E-state index is -1.29. The van der Waals surface area contributed by atoms with Gasteiger partial charge < -0.3 is 10.4 Å². The second kappa shape index (κ2) is 5.52. The number of hydrogen-bond acceptors (Lipinski definition) is 3. The van der Waals surface area contributed by atoms with Crippen molar-refractivity contribution in [3.05, 3.63) is 45.7 Å². The number of hydrogen-bond donors (Lipinski definition) is 2. The third-order valence-electron chi connectivity index (χ3n) is 2.48. The number of nitrogens with one attached hydrogen (secondary N) is 1. The molecule has 2 N–H and O–H groups in total. The fourth-order valence-corrected chi connectivity index (χ4v) is 2.10. The van der Waals surface area contributed by atoms with Gasteiger partial charge in [0.25, 0.3) is 5.91 Å². The highest BCUT2D eigenvalue weighted by Gasteiger charge is 2.22. The van der Waals surface area contributed by atoms with Crippen molar-refractivity contribution in [2.45, 2.75) is 0 Å². The Morgan fingerprint density at radius 1 is 1.30 bits per heavy atom. The molecule has 2 aromatic rings. The van der Waals surface area contributed by atoms with Gasteiger partial charge in [-0.25, -0.2) is 4.79 Å². The van der Waals surface area contributed by atoms with Crippen LogP contribution in [0.3, 0.4) is 0 Å². The molecule has 0 fully saturated rings. The molecule has 0 aliphatic carbocycles. The minimum absolute atomic E-state index is 0.0732. The zero-order valence-electron chi connectivity index (χ0n) is 10.2. The second-order valence-electron chi connectivity index (χ2n) is 3.92. The third kappa shape index (κ3) is 2.76.